The van der Waals surface area contributed by atoms with Gasteiger partial charge in [0.05, 0.1) is 11.8 Å². The number of thiol groups is 1. The van der Waals surface area contributed by atoms with Crippen molar-refractivity contribution in [2.45, 2.75) is 135 Å². The molecule has 78 heavy (non-hydrogen) atoms. The third-order valence-electron chi connectivity index (χ3n) is 16.4. The van der Waals surface area contributed by atoms with Crippen LogP contribution >= 0.6 is 24.4 Å². The van der Waals surface area contributed by atoms with Crippen molar-refractivity contribution in [2.75, 3.05) is 81.8 Å². The van der Waals surface area contributed by atoms with Crippen molar-refractivity contribution < 1.29 is 91.5 Å². The molecule has 0 bridgehead atoms. The summed E-state index contributed by atoms with van der Waals surface area (Å²) in [5.74, 6) is -2.81. The van der Waals surface area contributed by atoms with E-state index >= 15 is 0 Å². The molecule has 0 radical (unpaired) electrons. The van der Waals surface area contributed by atoms with Crippen molar-refractivity contribution in [3.63, 3.8) is 0 Å². The first kappa shape index (κ1) is 59.4. The van der Waals surface area contributed by atoms with Crippen LogP contribution in [0.3, 0.4) is 0 Å². The second kappa shape index (κ2) is 23.0. The van der Waals surface area contributed by atoms with Crippen LogP contribution in [0, 0.1) is 17.3 Å². The summed E-state index contributed by atoms with van der Waals surface area (Å²) in [5.41, 5.74) is 2.46. The summed E-state index contributed by atoms with van der Waals surface area (Å²) < 4.78 is 167. The first-order valence-corrected chi connectivity index (χ1v) is 27.0. The van der Waals surface area contributed by atoms with Crippen molar-refractivity contribution in [2.24, 2.45) is 17.3 Å². The lowest BCUT2D eigenvalue weighted by Crippen LogP contribution is -2.54. The quantitative estimate of drug-likeness (QED) is 0.137. The monoisotopic (exact) mass is 1160 g/mol. The van der Waals surface area contributed by atoms with E-state index in [0.29, 0.717) is 115 Å². The number of thioether (sulfide) groups is 1. The van der Waals surface area contributed by atoms with Crippen LogP contribution in [0.4, 0.5) is 73.6 Å². The molecule has 2 N–H and O–H groups in total. The molecule has 28 heteroatoms. The summed E-state index contributed by atoms with van der Waals surface area (Å²) in [6, 6.07) is 11.7. The van der Waals surface area contributed by atoms with Crippen molar-refractivity contribution >= 4 is 59.9 Å². The predicted molar refractivity (Wildman–Crippen MR) is 261 cm³/mol. The Morgan fingerprint density at radius 2 is 1.04 bits per heavy atom. The first-order chi connectivity index (χ1) is 36.4. The average Bonchev–Trinajstić information content (AvgIpc) is 4.11. The minimum atomic E-state index is -5.89. The summed E-state index contributed by atoms with van der Waals surface area (Å²) in [7, 11) is 0. The number of aliphatic carboxylic acids is 2. The molecule has 8 rings (SSSR count). The lowest BCUT2D eigenvalue weighted by atomic mass is 9.78. The van der Waals surface area contributed by atoms with Gasteiger partial charge >= 0.3 is 48.8 Å². The normalized spacial score (nSPS) is 22.3. The molecule has 434 valence electrons. The molecule has 2 amide bonds. The highest BCUT2D eigenvalue weighted by Crippen LogP contribution is 2.48. The molecule has 14 nitrogen and oxygen atoms in total. The standard InChI is InChI=1S/C50H60F12N6O8S2/c51-47(52,53)41(48(54,55)56)75-43(73)66-19-10-45(11-20-66)9-18-63(29-45)26-32-2-4-35(24-38(32)65-16-7-31(8-17-65)40(71)72)78-36-25-46(12-21-67(22-13-46)44(74)76-42(49(57,58)59)50(60,61)62)68(28-36)27-33-1-3-34(77)23-37(33)64-14-5-30(6-15-64)39(69)70/h1-4,23-24,30-31,36,41-42,77H,5-22,25-29H2,(H,69,70)(H,71,72). The third kappa shape index (κ3) is 13.9. The van der Waals surface area contributed by atoms with Crippen molar-refractivity contribution in [3.05, 3.63) is 47.5 Å². The molecule has 2 spiro atoms. The maximum absolute atomic E-state index is 13.4. The Hall–Kier alpha value is -4.70. The van der Waals surface area contributed by atoms with Gasteiger partial charge in [-0.3, -0.25) is 19.4 Å². The molecule has 0 saturated carbocycles. The second-order valence-electron chi connectivity index (χ2n) is 21.5. The largest absolute Gasteiger partial charge is 0.481 e. The van der Waals surface area contributed by atoms with E-state index < -0.39 is 78.4 Å². The number of nitrogens with zero attached hydrogens (tertiary/aromatic N) is 6. The number of anilines is 2. The number of ether oxygens (including phenoxy) is 2. The highest BCUT2D eigenvalue weighted by molar-refractivity contribution is 8.00. The number of carbonyl (C=O) groups excluding carboxylic acids is 2. The molecule has 1 atom stereocenters. The number of amides is 2. The van der Waals surface area contributed by atoms with Crippen molar-refractivity contribution in [1.29, 1.82) is 0 Å². The minimum absolute atomic E-state index is 0.101. The van der Waals surface area contributed by atoms with Crippen LogP contribution in [0.15, 0.2) is 46.2 Å². The zero-order valence-corrected chi connectivity index (χ0v) is 43.7. The van der Waals surface area contributed by atoms with Crippen LogP contribution in [0.2, 0.25) is 0 Å². The summed E-state index contributed by atoms with van der Waals surface area (Å²) in [5, 5.41) is 19.3. The maximum atomic E-state index is 13.4. The van der Waals surface area contributed by atoms with E-state index in [0.717, 1.165) is 37.2 Å². The molecule has 1 unspecified atom stereocenters. The Bertz CT molecular complexity index is 2460. The van der Waals surface area contributed by atoms with Crippen molar-refractivity contribution in [1.82, 2.24) is 19.6 Å². The van der Waals surface area contributed by atoms with Gasteiger partial charge in [-0.2, -0.15) is 52.7 Å². The van der Waals surface area contributed by atoms with Crippen LogP contribution in [-0.2, 0) is 32.2 Å². The van der Waals surface area contributed by atoms with Crippen LogP contribution in [0.1, 0.15) is 75.3 Å². The van der Waals surface area contributed by atoms with Crippen LogP contribution in [0.5, 0.6) is 0 Å². The fourth-order valence-electron chi connectivity index (χ4n) is 12.1. The highest BCUT2D eigenvalue weighted by atomic mass is 32.2. The molecule has 6 heterocycles. The Balaban J connectivity index is 1.00. The molecule has 0 aromatic heterocycles. The van der Waals surface area contributed by atoms with E-state index in [1.807, 2.05) is 36.4 Å². The van der Waals surface area contributed by atoms with E-state index in [1.165, 1.54) is 0 Å². The number of halogens is 12. The number of carboxylic acids is 2. The highest BCUT2D eigenvalue weighted by Gasteiger charge is 2.62. The molecular weight excluding hydrogens is 1100 g/mol. The van der Waals surface area contributed by atoms with E-state index in [2.05, 4.69) is 41.7 Å². The summed E-state index contributed by atoms with van der Waals surface area (Å²) in [6.07, 6.45) is -31.7. The zero-order chi connectivity index (χ0) is 56.8. The molecule has 6 aliphatic heterocycles. The van der Waals surface area contributed by atoms with Gasteiger partial charge in [0.15, 0.2) is 0 Å². The van der Waals surface area contributed by atoms with Crippen LogP contribution in [-0.4, -0.2) is 174 Å². The predicted octanol–water partition coefficient (Wildman–Crippen LogP) is 10.3. The Morgan fingerprint density at radius 3 is 1.51 bits per heavy atom. The van der Waals surface area contributed by atoms with Crippen LogP contribution in [0.25, 0.3) is 0 Å². The van der Waals surface area contributed by atoms with E-state index in [1.54, 1.807) is 11.8 Å². The number of carbonyl (C=O) groups is 4. The van der Waals surface area contributed by atoms with Gasteiger partial charge in [-0.1, -0.05) is 12.1 Å². The van der Waals surface area contributed by atoms with Gasteiger partial charge in [0.1, 0.15) is 0 Å². The number of benzene rings is 2. The number of carboxylic acid groups (broad SMARTS) is 2. The summed E-state index contributed by atoms with van der Waals surface area (Å²) in [6.45, 7) is 3.61. The smallest absolute Gasteiger partial charge is 0.434 e. The number of piperidine rings is 4. The number of alkyl halides is 12. The van der Waals surface area contributed by atoms with Gasteiger partial charge in [-0.05, 0) is 112 Å². The minimum Gasteiger partial charge on any atom is -0.481 e. The van der Waals surface area contributed by atoms with Gasteiger partial charge in [0.2, 0.25) is 0 Å². The lowest BCUT2D eigenvalue weighted by molar-refractivity contribution is -0.309. The van der Waals surface area contributed by atoms with E-state index in [9.17, 15) is 82.1 Å². The molecule has 6 aliphatic rings. The van der Waals surface area contributed by atoms with E-state index in [-0.39, 0.29) is 49.7 Å². The number of hydrogen-bond donors (Lipinski definition) is 3. The maximum Gasteiger partial charge on any atom is 0.434 e. The van der Waals surface area contributed by atoms with Crippen molar-refractivity contribution in [3.8, 4) is 0 Å². The average molecular weight is 1170 g/mol. The SMILES string of the molecule is O=C(O)C1CCN(c2cc(SC3CN(Cc4ccc(S)cc4N4CCC(C(=O)O)CC4)C4(CCN(C(=O)OC(C(F)(F)F)C(F)(F)F)CC4)C3)ccc2CN2CCC3(CCN(C(=O)OC(C(F)(F)F)C(F)(F)F)CC3)C2)CC1. The molecule has 0 aliphatic carbocycles. The first-order valence-electron chi connectivity index (χ1n) is 25.6. The molecular formula is C50H60F12N6O8S2. The number of likely N-dealkylation sites (tertiary alicyclic amines) is 4. The fourth-order valence-corrected chi connectivity index (χ4v) is 13.7. The molecule has 6 saturated heterocycles. The van der Waals surface area contributed by atoms with Gasteiger partial charge in [0, 0.05) is 110 Å². The number of rotatable bonds is 12. The molecule has 2 aromatic carbocycles. The molecule has 6 fully saturated rings. The summed E-state index contributed by atoms with van der Waals surface area (Å²) in [4.78, 5) is 61.2. The second-order valence-corrected chi connectivity index (χ2v) is 23.4. The molecule has 2 aromatic rings. The van der Waals surface area contributed by atoms with Gasteiger partial charge in [-0.15, -0.1) is 24.4 Å². The Labute approximate surface area is 451 Å². The van der Waals surface area contributed by atoms with Gasteiger partial charge in [0.25, 0.3) is 12.2 Å². The Morgan fingerprint density at radius 1 is 0.603 bits per heavy atom. The zero-order valence-electron chi connectivity index (χ0n) is 42.0. The van der Waals surface area contributed by atoms with Gasteiger partial charge in [-0.25, -0.2) is 9.59 Å². The third-order valence-corrected chi connectivity index (χ3v) is 17.9. The lowest BCUT2D eigenvalue weighted by Gasteiger charge is -2.45. The number of hydrogen-bond acceptors (Lipinski definition) is 12. The Kier molecular flexibility index (Phi) is 17.6. The van der Waals surface area contributed by atoms with E-state index in [4.69, 9.17) is 0 Å². The topological polar surface area (TPSA) is 147 Å². The van der Waals surface area contributed by atoms with Crippen LogP contribution < -0.4 is 9.80 Å². The van der Waals surface area contributed by atoms with Gasteiger partial charge < -0.3 is 39.3 Å². The summed E-state index contributed by atoms with van der Waals surface area (Å²) >= 11 is 6.17. The fraction of sp³-hybridized carbons (Fsp3) is 0.680.